The molecule has 184 valence electrons. The van der Waals surface area contributed by atoms with Gasteiger partial charge in [0.05, 0.1) is 25.3 Å². The minimum absolute atomic E-state index is 0.00146. The van der Waals surface area contributed by atoms with Gasteiger partial charge in [0.15, 0.2) is 5.16 Å². The highest BCUT2D eigenvalue weighted by Gasteiger charge is 2.38. The molecule has 0 bridgehead atoms. The maximum absolute atomic E-state index is 12.5. The van der Waals surface area contributed by atoms with Crippen LogP contribution in [0.5, 0.6) is 5.75 Å². The highest BCUT2D eigenvalue weighted by Crippen LogP contribution is 2.26. The molecule has 34 heavy (non-hydrogen) atoms. The van der Waals surface area contributed by atoms with Gasteiger partial charge in [0.2, 0.25) is 11.8 Å². The minimum Gasteiger partial charge on any atom is -0.496 e. The number of likely N-dealkylation sites (tertiary alicyclic amines) is 1. The molecule has 0 spiro atoms. The summed E-state index contributed by atoms with van der Waals surface area (Å²) in [6, 6.07) is 7.63. The quantitative estimate of drug-likeness (QED) is 0.626. The summed E-state index contributed by atoms with van der Waals surface area (Å²) in [4.78, 5) is 40.0. The molecular formula is C21H23F3N4O5S. The highest BCUT2D eigenvalue weighted by atomic mass is 32.2. The van der Waals surface area contributed by atoms with E-state index in [0.717, 1.165) is 34.5 Å². The Labute approximate surface area is 197 Å². The summed E-state index contributed by atoms with van der Waals surface area (Å²) in [5, 5.41) is 11.1. The summed E-state index contributed by atoms with van der Waals surface area (Å²) in [5.74, 6) is -1.36. The molecule has 1 atom stereocenters. The van der Waals surface area contributed by atoms with Crippen LogP contribution >= 0.6 is 11.8 Å². The van der Waals surface area contributed by atoms with Gasteiger partial charge < -0.3 is 24.6 Å². The molecule has 9 nitrogen and oxygen atoms in total. The normalized spacial score (nSPS) is 17.1. The number of hydrogen-bond acceptors (Lipinski definition) is 6. The Morgan fingerprint density at radius 1 is 1.32 bits per heavy atom. The maximum Gasteiger partial charge on any atom is 0.490 e. The van der Waals surface area contributed by atoms with Crippen LogP contribution in [0.1, 0.15) is 17.7 Å². The highest BCUT2D eigenvalue weighted by molar-refractivity contribution is 7.99. The Bertz CT molecular complexity index is 1040. The van der Waals surface area contributed by atoms with E-state index in [1.54, 1.807) is 23.8 Å². The van der Waals surface area contributed by atoms with E-state index in [4.69, 9.17) is 14.6 Å². The zero-order valence-corrected chi connectivity index (χ0v) is 19.0. The Kier molecular flexibility index (Phi) is 8.07. The number of carboxylic acid groups (broad SMARTS) is 1. The van der Waals surface area contributed by atoms with E-state index < -0.39 is 12.1 Å². The number of fused-ring (bicyclic) bond motifs is 1. The number of imidazole rings is 1. The van der Waals surface area contributed by atoms with Crippen molar-refractivity contribution in [3.8, 4) is 5.75 Å². The van der Waals surface area contributed by atoms with Crippen molar-refractivity contribution in [2.75, 3.05) is 19.4 Å². The second kappa shape index (κ2) is 10.8. The zero-order chi connectivity index (χ0) is 24.9. The zero-order valence-electron chi connectivity index (χ0n) is 18.2. The van der Waals surface area contributed by atoms with Gasteiger partial charge in [0, 0.05) is 43.6 Å². The van der Waals surface area contributed by atoms with Crippen molar-refractivity contribution in [1.29, 1.82) is 0 Å². The molecule has 4 rings (SSSR count). The van der Waals surface area contributed by atoms with Crippen LogP contribution in [0, 0.1) is 5.92 Å². The van der Waals surface area contributed by atoms with Crippen molar-refractivity contribution < 1.29 is 37.4 Å². The second-order valence-corrected chi connectivity index (χ2v) is 8.63. The monoisotopic (exact) mass is 500 g/mol. The van der Waals surface area contributed by atoms with Crippen LogP contribution in [0.3, 0.4) is 0 Å². The van der Waals surface area contributed by atoms with Crippen LogP contribution in [0.15, 0.2) is 35.6 Å². The van der Waals surface area contributed by atoms with E-state index in [1.807, 2.05) is 30.5 Å². The SMILES string of the molecule is COc1ccccc1CN1CC(C(=O)NCc2cn3c(n2)SCC3)CC1=O.O=C(O)C(F)(F)F. The summed E-state index contributed by atoms with van der Waals surface area (Å²) in [5.41, 5.74) is 1.81. The van der Waals surface area contributed by atoms with Crippen LogP contribution in [-0.4, -0.2) is 62.9 Å². The van der Waals surface area contributed by atoms with Crippen LogP contribution < -0.4 is 10.1 Å². The molecule has 2 amide bonds. The van der Waals surface area contributed by atoms with Gasteiger partial charge in [0.25, 0.3) is 0 Å². The number of nitrogens with zero attached hydrogens (tertiary/aromatic N) is 3. The van der Waals surface area contributed by atoms with Crippen LogP contribution in [0.4, 0.5) is 13.2 Å². The van der Waals surface area contributed by atoms with Crippen molar-refractivity contribution in [1.82, 2.24) is 19.8 Å². The van der Waals surface area contributed by atoms with E-state index in [9.17, 15) is 22.8 Å². The van der Waals surface area contributed by atoms with Crippen molar-refractivity contribution in [3.63, 3.8) is 0 Å². The van der Waals surface area contributed by atoms with Crippen molar-refractivity contribution >= 4 is 29.5 Å². The van der Waals surface area contributed by atoms with Gasteiger partial charge >= 0.3 is 12.1 Å². The lowest BCUT2D eigenvalue weighted by molar-refractivity contribution is -0.192. The van der Waals surface area contributed by atoms with Gasteiger partial charge in [-0.1, -0.05) is 30.0 Å². The van der Waals surface area contributed by atoms with E-state index in [0.29, 0.717) is 19.6 Å². The summed E-state index contributed by atoms with van der Waals surface area (Å²) in [6.45, 7) is 2.25. The number of halogens is 3. The molecule has 0 saturated carbocycles. The standard InChI is InChI=1S/C19H22N4O3S.C2HF3O2/c1-26-16-5-3-2-4-13(16)10-23-11-14(8-17(23)24)18(25)20-9-15-12-22-6-7-27-19(22)21-15;3-2(4,5)1(6)7/h2-5,12,14H,6-11H2,1H3,(H,20,25);(H,6,7). The molecule has 13 heteroatoms. The van der Waals surface area contributed by atoms with Gasteiger partial charge in [-0.25, -0.2) is 9.78 Å². The first-order valence-corrected chi connectivity index (χ1v) is 11.2. The molecule has 0 aliphatic carbocycles. The number of aromatic nitrogens is 2. The number of nitrogens with one attached hydrogen (secondary N) is 1. The molecule has 2 N–H and O–H groups in total. The summed E-state index contributed by atoms with van der Waals surface area (Å²) in [6.07, 6.45) is -2.85. The summed E-state index contributed by atoms with van der Waals surface area (Å²) in [7, 11) is 1.62. The molecular weight excluding hydrogens is 477 g/mol. The first-order valence-electron chi connectivity index (χ1n) is 10.2. The molecule has 2 aliphatic rings. The topological polar surface area (TPSA) is 114 Å². The summed E-state index contributed by atoms with van der Waals surface area (Å²) >= 11 is 1.73. The lowest BCUT2D eigenvalue weighted by Gasteiger charge is -2.18. The number of aliphatic carboxylic acids is 1. The van der Waals surface area contributed by atoms with E-state index >= 15 is 0 Å². The second-order valence-electron chi connectivity index (χ2n) is 7.56. The maximum atomic E-state index is 12.5. The number of amides is 2. The fourth-order valence-electron chi connectivity index (χ4n) is 3.51. The third kappa shape index (κ3) is 6.43. The number of carboxylic acids is 1. The number of thioether (sulfide) groups is 1. The Morgan fingerprint density at radius 3 is 2.68 bits per heavy atom. The molecule has 2 aliphatic heterocycles. The van der Waals surface area contributed by atoms with Crippen LogP contribution in [0.2, 0.25) is 0 Å². The van der Waals surface area contributed by atoms with Gasteiger partial charge in [0.1, 0.15) is 5.75 Å². The molecule has 0 radical (unpaired) electrons. The predicted octanol–water partition coefficient (Wildman–Crippen LogP) is 2.30. The van der Waals surface area contributed by atoms with Gasteiger partial charge in [-0.15, -0.1) is 0 Å². The fraction of sp³-hybridized carbons (Fsp3) is 0.429. The Morgan fingerprint density at radius 2 is 2.03 bits per heavy atom. The molecule has 1 fully saturated rings. The predicted molar refractivity (Wildman–Crippen MR) is 115 cm³/mol. The molecule has 1 aromatic heterocycles. The lowest BCUT2D eigenvalue weighted by atomic mass is 10.1. The van der Waals surface area contributed by atoms with Gasteiger partial charge in [-0.2, -0.15) is 13.2 Å². The van der Waals surface area contributed by atoms with E-state index in [-0.39, 0.29) is 24.2 Å². The van der Waals surface area contributed by atoms with Gasteiger partial charge in [-0.05, 0) is 6.07 Å². The number of carbonyl (C=O) groups is 3. The Hall–Kier alpha value is -3.22. The number of alkyl halides is 3. The third-order valence-corrected chi connectivity index (χ3v) is 6.15. The largest absolute Gasteiger partial charge is 0.496 e. The van der Waals surface area contributed by atoms with Gasteiger partial charge in [-0.3, -0.25) is 9.59 Å². The number of rotatable bonds is 6. The Balaban J connectivity index is 0.000000406. The average molecular weight is 500 g/mol. The number of methoxy groups -OCH3 is 1. The molecule has 3 heterocycles. The van der Waals surface area contributed by atoms with Crippen molar-refractivity contribution in [3.05, 3.63) is 41.7 Å². The molecule has 1 unspecified atom stereocenters. The molecule has 1 aromatic carbocycles. The number of hydrogen-bond donors (Lipinski definition) is 2. The number of aryl methyl sites for hydroxylation is 1. The molecule has 2 aromatic rings. The van der Waals surface area contributed by atoms with Crippen LogP contribution in [0.25, 0.3) is 0 Å². The third-order valence-electron chi connectivity index (χ3n) is 5.18. The van der Waals surface area contributed by atoms with E-state index in [2.05, 4.69) is 14.9 Å². The van der Waals surface area contributed by atoms with Crippen molar-refractivity contribution in [2.24, 2.45) is 5.92 Å². The van der Waals surface area contributed by atoms with Crippen LogP contribution in [-0.2, 0) is 34.0 Å². The average Bonchev–Trinajstić information content (AvgIpc) is 3.47. The number of benzene rings is 1. The summed E-state index contributed by atoms with van der Waals surface area (Å²) < 4.78 is 39.2. The lowest BCUT2D eigenvalue weighted by Crippen LogP contribution is -2.32. The fourth-order valence-corrected chi connectivity index (χ4v) is 4.47. The number of ether oxygens (including phenoxy) is 1. The van der Waals surface area contributed by atoms with Crippen molar-refractivity contribution in [2.45, 2.75) is 37.4 Å². The number of carbonyl (C=O) groups excluding carboxylic acids is 2. The molecule has 1 saturated heterocycles. The smallest absolute Gasteiger partial charge is 0.490 e. The first kappa shape index (κ1) is 25.4. The minimum atomic E-state index is -5.08. The number of para-hydroxylation sites is 1. The first-order chi connectivity index (χ1) is 16.1. The van der Waals surface area contributed by atoms with E-state index in [1.165, 1.54) is 0 Å².